The van der Waals surface area contributed by atoms with E-state index in [1.807, 2.05) is 18.3 Å². The zero-order valence-corrected chi connectivity index (χ0v) is 10.4. The highest BCUT2D eigenvalue weighted by atomic mass is 16.5. The van der Waals surface area contributed by atoms with Crippen LogP contribution in [0, 0.1) is 0 Å². The molecule has 1 atom stereocenters. The van der Waals surface area contributed by atoms with Gasteiger partial charge in [-0.2, -0.15) is 5.10 Å². The molecule has 0 aliphatic carbocycles. The largest absolute Gasteiger partial charge is 0.374 e. The topological polar surface area (TPSA) is 54.7 Å². The third kappa shape index (κ3) is 2.44. The quantitative estimate of drug-likeness (QED) is 0.854. The number of nitrogens with one attached hydrogen (secondary N) is 1. The molecule has 1 fully saturated rings. The molecule has 1 aliphatic heterocycles. The van der Waals surface area contributed by atoms with Crippen molar-refractivity contribution in [2.24, 2.45) is 0 Å². The Balaban J connectivity index is 1.61. The number of ether oxygens (including phenoxy) is 1. The van der Waals surface area contributed by atoms with Crippen LogP contribution in [0.15, 0.2) is 24.5 Å². The fourth-order valence-electron chi connectivity index (χ4n) is 2.12. The summed E-state index contributed by atoms with van der Waals surface area (Å²) in [5.74, 6) is 0.861. The molecule has 0 bridgehead atoms. The maximum Gasteiger partial charge on any atom is 0.157 e. The Morgan fingerprint density at radius 2 is 2.44 bits per heavy atom. The molecule has 1 unspecified atom stereocenters. The lowest BCUT2D eigenvalue weighted by molar-refractivity contribution is -0.0117. The van der Waals surface area contributed by atoms with Gasteiger partial charge in [-0.3, -0.25) is 0 Å². The third-order valence-electron chi connectivity index (χ3n) is 3.11. The van der Waals surface area contributed by atoms with Gasteiger partial charge in [0, 0.05) is 31.9 Å². The van der Waals surface area contributed by atoms with Crippen LogP contribution < -0.4 is 5.32 Å². The van der Waals surface area contributed by atoms with E-state index < -0.39 is 0 Å². The predicted molar refractivity (Wildman–Crippen MR) is 68.7 cm³/mol. The minimum absolute atomic E-state index is 0.228. The Kier molecular flexibility index (Phi) is 3.12. The summed E-state index contributed by atoms with van der Waals surface area (Å²) in [6, 6.07) is 3.81. The van der Waals surface area contributed by atoms with E-state index in [2.05, 4.69) is 27.3 Å². The van der Waals surface area contributed by atoms with E-state index in [1.165, 1.54) is 0 Å². The molecule has 0 radical (unpaired) electrons. The van der Waals surface area contributed by atoms with E-state index in [1.54, 1.807) is 10.7 Å². The zero-order chi connectivity index (χ0) is 12.4. The third-order valence-corrected chi connectivity index (χ3v) is 3.11. The van der Waals surface area contributed by atoms with Gasteiger partial charge in [0.2, 0.25) is 0 Å². The molecule has 0 saturated carbocycles. The first-order chi connectivity index (χ1) is 8.81. The lowest BCUT2D eigenvalue weighted by Gasteiger charge is -2.30. The summed E-state index contributed by atoms with van der Waals surface area (Å²) in [5, 5.41) is 7.43. The van der Waals surface area contributed by atoms with Crippen LogP contribution in [0.1, 0.15) is 0 Å². The number of anilines is 1. The van der Waals surface area contributed by atoms with Crippen molar-refractivity contribution in [2.75, 3.05) is 38.6 Å². The van der Waals surface area contributed by atoms with Crippen LogP contribution in [0.4, 0.5) is 5.82 Å². The number of nitrogens with zero attached hydrogens (tertiary/aromatic N) is 4. The molecule has 3 heterocycles. The van der Waals surface area contributed by atoms with Crippen molar-refractivity contribution >= 4 is 11.5 Å². The fourth-order valence-corrected chi connectivity index (χ4v) is 2.12. The summed E-state index contributed by atoms with van der Waals surface area (Å²) in [7, 11) is 2.12. The minimum atomic E-state index is 0.228. The number of likely N-dealkylation sites (N-methyl/N-ethyl adjacent to an activating group) is 1. The molecule has 2 aromatic rings. The van der Waals surface area contributed by atoms with Crippen molar-refractivity contribution in [3.63, 3.8) is 0 Å². The molecule has 0 spiro atoms. The number of fused-ring (bicyclic) bond motifs is 1. The van der Waals surface area contributed by atoms with Crippen molar-refractivity contribution in [2.45, 2.75) is 6.10 Å². The Hall–Kier alpha value is -1.66. The molecule has 0 amide bonds. The molecule has 96 valence electrons. The van der Waals surface area contributed by atoms with Gasteiger partial charge in [0.15, 0.2) is 5.65 Å². The first-order valence-electron chi connectivity index (χ1n) is 6.16. The Morgan fingerprint density at radius 3 is 3.33 bits per heavy atom. The molecule has 1 aliphatic rings. The summed E-state index contributed by atoms with van der Waals surface area (Å²) in [4.78, 5) is 6.74. The SMILES string of the molecule is CN1CCOC(CNc2ccn3nccc3n2)C1. The standard InChI is InChI=1S/C12H17N5O/c1-16-6-7-18-10(9-16)8-13-11-3-5-17-12(15-11)2-4-14-17/h2-5,10H,6-9H2,1H3,(H,13,15). The monoisotopic (exact) mass is 247 g/mol. The number of aromatic nitrogens is 3. The lowest BCUT2D eigenvalue weighted by Crippen LogP contribution is -2.43. The first kappa shape index (κ1) is 11.4. The molecule has 1 saturated heterocycles. The summed E-state index contributed by atoms with van der Waals surface area (Å²) < 4.78 is 7.44. The highest BCUT2D eigenvalue weighted by molar-refractivity contribution is 5.45. The zero-order valence-electron chi connectivity index (χ0n) is 10.4. The van der Waals surface area contributed by atoms with Crippen LogP contribution >= 0.6 is 0 Å². The van der Waals surface area contributed by atoms with Crippen LogP contribution in [0.2, 0.25) is 0 Å². The molecule has 0 aromatic carbocycles. The molecular formula is C12H17N5O. The van der Waals surface area contributed by atoms with Crippen molar-refractivity contribution in [3.05, 3.63) is 24.5 Å². The van der Waals surface area contributed by atoms with E-state index in [9.17, 15) is 0 Å². The first-order valence-corrected chi connectivity index (χ1v) is 6.16. The highest BCUT2D eigenvalue weighted by Gasteiger charge is 2.17. The van der Waals surface area contributed by atoms with E-state index in [0.29, 0.717) is 0 Å². The second kappa shape index (κ2) is 4.91. The van der Waals surface area contributed by atoms with E-state index in [-0.39, 0.29) is 6.10 Å². The number of rotatable bonds is 3. The van der Waals surface area contributed by atoms with Crippen molar-refractivity contribution in [3.8, 4) is 0 Å². The maximum atomic E-state index is 5.69. The van der Waals surface area contributed by atoms with E-state index in [4.69, 9.17) is 4.74 Å². The maximum absolute atomic E-state index is 5.69. The van der Waals surface area contributed by atoms with Crippen LogP contribution in [0.25, 0.3) is 5.65 Å². The highest BCUT2D eigenvalue weighted by Crippen LogP contribution is 2.08. The summed E-state index contributed by atoms with van der Waals surface area (Å²) in [5.41, 5.74) is 0.849. The van der Waals surface area contributed by atoms with Gasteiger partial charge in [0.25, 0.3) is 0 Å². The van der Waals surface area contributed by atoms with Gasteiger partial charge in [-0.15, -0.1) is 0 Å². The van der Waals surface area contributed by atoms with Crippen molar-refractivity contribution < 1.29 is 4.74 Å². The average Bonchev–Trinajstić information content (AvgIpc) is 2.84. The van der Waals surface area contributed by atoms with Crippen LogP contribution in [-0.4, -0.2) is 58.9 Å². The van der Waals surface area contributed by atoms with Gasteiger partial charge in [0.05, 0.1) is 18.9 Å². The molecule has 6 heteroatoms. The molecule has 18 heavy (non-hydrogen) atoms. The van der Waals surface area contributed by atoms with Gasteiger partial charge < -0.3 is 15.0 Å². The molecule has 3 rings (SSSR count). The predicted octanol–water partition coefficient (Wildman–Crippen LogP) is 0.472. The normalized spacial score (nSPS) is 21.3. The fraction of sp³-hybridized carbons (Fsp3) is 0.500. The molecular weight excluding hydrogens is 230 g/mol. The second-order valence-corrected chi connectivity index (χ2v) is 4.58. The van der Waals surface area contributed by atoms with Crippen molar-refractivity contribution in [1.82, 2.24) is 19.5 Å². The number of morpholine rings is 1. The van der Waals surface area contributed by atoms with Crippen LogP contribution in [0.3, 0.4) is 0 Å². The van der Waals surface area contributed by atoms with Gasteiger partial charge in [-0.05, 0) is 13.1 Å². The Labute approximate surface area is 106 Å². The summed E-state index contributed by atoms with van der Waals surface area (Å²) >= 11 is 0. The smallest absolute Gasteiger partial charge is 0.157 e. The molecule has 6 nitrogen and oxygen atoms in total. The average molecular weight is 247 g/mol. The minimum Gasteiger partial charge on any atom is -0.374 e. The van der Waals surface area contributed by atoms with Crippen LogP contribution in [0.5, 0.6) is 0 Å². The van der Waals surface area contributed by atoms with E-state index in [0.717, 1.165) is 37.7 Å². The summed E-state index contributed by atoms with van der Waals surface area (Å²) in [6.07, 6.45) is 3.87. The van der Waals surface area contributed by atoms with E-state index >= 15 is 0 Å². The number of hydrogen-bond donors (Lipinski definition) is 1. The van der Waals surface area contributed by atoms with Crippen molar-refractivity contribution in [1.29, 1.82) is 0 Å². The Morgan fingerprint density at radius 1 is 1.50 bits per heavy atom. The van der Waals surface area contributed by atoms with Gasteiger partial charge >= 0.3 is 0 Å². The summed E-state index contributed by atoms with van der Waals surface area (Å²) in [6.45, 7) is 3.55. The van der Waals surface area contributed by atoms with Gasteiger partial charge in [-0.1, -0.05) is 0 Å². The Bertz CT molecular complexity index is 526. The molecule has 1 N–H and O–H groups in total. The number of hydrogen-bond acceptors (Lipinski definition) is 5. The van der Waals surface area contributed by atoms with Crippen LogP contribution in [-0.2, 0) is 4.74 Å². The van der Waals surface area contributed by atoms with Gasteiger partial charge in [-0.25, -0.2) is 9.50 Å². The molecule has 2 aromatic heterocycles. The second-order valence-electron chi connectivity index (χ2n) is 4.58. The van der Waals surface area contributed by atoms with Gasteiger partial charge in [0.1, 0.15) is 5.82 Å². The lowest BCUT2D eigenvalue weighted by atomic mass is 10.3.